The number of phenols is 1. The molecule has 0 atom stereocenters. The molecule has 0 saturated carbocycles. The van der Waals surface area contributed by atoms with E-state index < -0.39 is 0 Å². The van der Waals surface area contributed by atoms with Crippen LogP contribution in [0.3, 0.4) is 0 Å². The van der Waals surface area contributed by atoms with Crippen molar-refractivity contribution in [2.45, 2.75) is 6.42 Å². The van der Waals surface area contributed by atoms with Crippen LogP contribution in [0, 0.1) is 0 Å². The van der Waals surface area contributed by atoms with Crippen molar-refractivity contribution in [3.8, 4) is 11.5 Å². The first-order valence-corrected chi connectivity index (χ1v) is 8.55. The number of nitrogens with one attached hydrogen (secondary N) is 3. The van der Waals surface area contributed by atoms with Gasteiger partial charge in [-0.25, -0.2) is 0 Å². The van der Waals surface area contributed by atoms with Gasteiger partial charge in [-0.2, -0.15) is 0 Å². The summed E-state index contributed by atoms with van der Waals surface area (Å²) in [6.07, 6.45) is 2.03. The molecule has 0 radical (unpaired) electrons. The maximum Gasteiger partial charge on any atom is 0.255 e. The van der Waals surface area contributed by atoms with Crippen molar-refractivity contribution in [2.24, 2.45) is 0 Å². The summed E-state index contributed by atoms with van der Waals surface area (Å²) in [6, 6.07) is 12.0. The first-order valence-electron chi connectivity index (χ1n) is 8.55. The number of para-hydroxylation sites is 1. The van der Waals surface area contributed by atoms with Gasteiger partial charge in [0, 0.05) is 30.2 Å². The number of rotatable bonds is 7. The number of carbonyl (C=O) groups is 2. The molecule has 140 valence electrons. The molecule has 7 heteroatoms. The zero-order valence-corrected chi connectivity index (χ0v) is 14.9. The molecule has 3 rings (SSSR count). The highest BCUT2D eigenvalue weighted by Crippen LogP contribution is 2.23. The summed E-state index contributed by atoms with van der Waals surface area (Å²) < 4.78 is 5.23. The van der Waals surface area contributed by atoms with E-state index in [1.54, 1.807) is 19.2 Å². The topological polar surface area (TPSA) is 103 Å². The van der Waals surface area contributed by atoms with Crippen molar-refractivity contribution in [3.05, 3.63) is 59.8 Å². The van der Waals surface area contributed by atoms with Gasteiger partial charge in [0.1, 0.15) is 11.5 Å². The van der Waals surface area contributed by atoms with Gasteiger partial charge >= 0.3 is 0 Å². The lowest BCUT2D eigenvalue weighted by Crippen LogP contribution is -2.35. The van der Waals surface area contributed by atoms with Crippen LogP contribution in [0.2, 0.25) is 0 Å². The third kappa shape index (κ3) is 4.38. The molecule has 1 aromatic heterocycles. The molecule has 0 aliphatic carbocycles. The minimum absolute atomic E-state index is 0.0752. The van der Waals surface area contributed by atoms with Crippen molar-refractivity contribution < 1.29 is 19.4 Å². The lowest BCUT2D eigenvalue weighted by molar-refractivity contribution is -0.120. The van der Waals surface area contributed by atoms with Gasteiger partial charge in [-0.05, 0) is 35.9 Å². The van der Waals surface area contributed by atoms with Gasteiger partial charge < -0.3 is 25.5 Å². The maximum atomic E-state index is 12.2. The average Bonchev–Trinajstić information content (AvgIpc) is 3.07. The van der Waals surface area contributed by atoms with Gasteiger partial charge in [0.25, 0.3) is 5.91 Å². The summed E-state index contributed by atoms with van der Waals surface area (Å²) in [4.78, 5) is 27.3. The Bertz CT molecular complexity index is 965. The minimum atomic E-state index is -0.383. The summed E-state index contributed by atoms with van der Waals surface area (Å²) in [7, 11) is 1.60. The van der Waals surface area contributed by atoms with E-state index in [1.807, 2.05) is 24.4 Å². The molecular formula is C20H21N3O4. The number of H-pyrrole nitrogens is 1. The smallest absolute Gasteiger partial charge is 0.255 e. The summed E-state index contributed by atoms with van der Waals surface area (Å²) in [5.74, 6) is 0.131. The largest absolute Gasteiger partial charge is 0.507 e. The van der Waals surface area contributed by atoms with Crippen LogP contribution in [0.25, 0.3) is 10.9 Å². The van der Waals surface area contributed by atoms with Crippen LogP contribution >= 0.6 is 0 Å². The zero-order chi connectivity index (χ0) is 19.2. The van der Waals surface area contributed by atoms with Crippen LogP contribution < -0.4 is 15.4 Å². The third-order valence-electron chi connectivity index (χ3n) is 4.21. The first-order chi connectivity index (χ1) is 13.1. The highest BCUT2D eigenvalue weighted by atomic mass is 16.5. The third-order valence-corrected chi connectivity index (χ3v) is 4.21. The summed E-state index contributed by atoms with van der Waals surface area (Å²) >= 11 is 0. The van der Waals surface area contributed by atoms with Crippen molar-refractivity contribution >= 4 is 22.7 Å². The van der Waals surface area contributed by atoms with E-state index in [2.05, 4.69) is 15.6 Å². The van der Waals surface area contributed by atoms with Gasteiger partial charge in [-0.3, -0.25) is 9.59 Å². The summed E-state index contributed by atoms with van der Waals surface area (Å²) in [5, 5.41) is 16.0. The van der Waals surface area contributed by atoms with Gasteiger partial charge in [-0.1, -0.05) is 12.1 Å². The first kappa shape index (κ1) is 18.3. The normalized spacial score (nSPS) is 10.6. The predicted molar refractivity (Wildman–Crippen MR) is 102 cm³/mol. The molecule has 0 saturated heterocycles. The van der Waals surface area contributed by atoms with E-state index in [9.17, 15) is 14.7 Å². The average molecular weight is 367 g/mol. The molecule has 2 amide bonds. The molecule has 0 aliphatic rings. The van der Waals surface area contributed by atoms with Gasteiger partial charge in [0.2, 0.25) is 5.91 Å². The van der Waals surface area contributed by atoms with Crippen molar-refractivity contribution in [1.82, 2.24) is 15.6 Å². The van der Waals surface area contributed by atoms with Gasteiger partial charge in [0.05, 0.1) is 19.1 Å². The van der Waals surface area contributed by atoms with Crippen LogP contribution in [0.4, 0.5) is 0 Å². The maximum absolute atomic E-state index is 12.2. The number of methoxy groups -OCH3 is 1. The number of hydrogen-bond donors (Lipinski definition) is 4. The van der Waals surface area contributed by atoms with Crippen molar-refractivity contribution in [3.63, 3.8) is 0 Å². The number of hydrogen-bond acceptors (Lipinski definition) is 4. The van der Waals surface area contributed by atoms with Crippen LogP contribution in [0.1, 0.15) is 15.9 Å². The molecule has 7 nitrogen and oxygen atoms in total. The Balaban J connectivity index is 1.49. The number of aromatic hydroxyl groups is 1. The van der Waals surface area contributed by atoms with Crippen LogP contribution in [0.15, 0.2) is 48.7 Å². The molecule has 0 fully saturated rings. The van der Waals surface area contributed by atoms with Crippen LogP contribution in [-0.4, -0.2) is 42.1 Å². The molecule has 0 unspecified atom stereocenters. The predicted octanol–water partition coefficient (Wildman–Crippen LogP) is 1.97. The fourth-order valence-corrected chi connectivity index (χ4v) is 2.81. The van der Waals surface area contributed by atoms with E-state index in [-0.39, 0.29) is 36.1 Å². The monoisotopic (exact) mass is 367 g/mol. The Morgan fingerprint density at radius 2 is 1.89 bits per heavy atom. The van der Waals surface area contributed by atoms with E-state index in [0.717, 1.165) is 22.2 Å². The molecular weight excluding hydrogens is 346 g/mol. The number of aromatic amines is 1. The van der Waals surface area contributed by atoms with E-state index in [0.29, 0.717) is 6.54 Å². The minimum Gasteiger partial charge on any atom is -0.507 e. The molecule has 0 spiro atoms. The molecule has 3 aromatic rings. The van der Waals surface area contributed by atoms with E-state index in [1.165, 1.54) is 12.1 Å². The standard InChI is InChI=1S/C20H21N3O4/c1-27-14-6-7-17-16(11-14)13(12-23-17)10-19(25)21-8-9-22-20(26)15-4-2-3-5-18(15)24/h2-7,11-12,23-24H,8-10H2,1H3,(H,21,25)(H,22,26). The zero-order valence-electron chi connectivity index (χ0n) is 14.9. The summed E-state index contributed by atoms with van der Waals surface area (Å²) in [6.45, 7) is 0.560. The SMILES string of the molecule is COc1ccc2[nH]cc(CC(=O)NCCNC(=O)c3ccccc3O)c2c1. The van der Waals surface area contributed by atoms with Crippen LogP contribution in [0.5, 0.6) is 11.5 Å². The fourth-order valence-electron chi connectivity index (χ4n) is 2.81. The molecule has 4 N–H and O–H groups in total. The Morgan fingerprint density at radius 3 is 2.67 bits per heavy atom. The molecule has 27 heavy (non-hydrogen) atoms. The van der Waals surface area contributed by atoms with Crippen LogP contribution in [-0.2, 0) is 11.2 Å². The lowest BCUT2D eigenvalue weighted by Gasteiger charge is -2.08. The van der Waals surface area contributed by atoms with Crippen molar-refractivity contribution in [2.75, 3.05) is 20.2 Å². The lowest BCUT2D eigenvalue weighted by atomic mass is 10.1. The van der Waals surface area contributed by atoms with E-state index >= 15 is 0 Å². The Morgan fingerprint density at radius 1 is 1.11 bits per heavy atom. The molecule has 0 bridgehead atoms. The number of carbonyl (C=O) groups excluding carboxylic acids is 2. The number of phenolic OH excluding ortho intramolecular Hbond substituents is 1. The Hall–Kier alpha value is -3.48. The summed E-state index contributed by atoms with van der Waals surface area (Å²) in [5.41, 5.74) is 2.02. The quantitative estimate of drug-likeness (QED) is 0.479. The number of amides is 2. The highest BCUT2D eigenvalue weighted by molar-refractivity contribution is 5.96. The second kappa shape index (κ2) is 8.27. The second-order valence-electron chi connectivity index (χ2n) is 6.03. The number of aromatic nitrogens is 1. The fraction of sp³-hybridized carbons (Fsp3) is 0.200. The van der Waals surface area contributed by atoms with E-state index in [4.69, 9.17) is 4.74 Å². The second-order valence-corrected chi connectivity index (χ2v) is 6.03. The molecule has 2 aromatic carbocycles. The number of ether oxygens (including phenoxy) is 1. The van der Waals surface area contributed by atoms with Gasteiger partial charge in [0.15, 0.2) is 0 Å². The van der Waals surface area contributed by atoms with Crippen molar-refractivity contribution in [1.29, 1.82) is 0 Å². The molecule has 1 heterocycles. The van der Waals surface area contributed by atoms with Gasteiger partial charge in [-0.15, -0.1) is 0 Å². The number of fused-ring (bicyclic) bond motifs is 1. The Kier molecular flexibility index (Phi) is 5.61. The Labute approximate surface area is 156 Å². The number of benzene rings is 2. The highest BCUT2D eigenvalue weighted by Gasteiger charge is 2.11. The molecule has 0 aliphatic heterocycles.